The van der Waals surface area contributed by atoms with E-state index in [-0.39, 0.29) is 0 Å². The molecule has 4 heteroatoms. The number of methoxy groups -OCH3 is 2. The minimum Gasteiger partial charge on any atom is -0.493 e. The predicted octanol–water partition coefficient (Wildman–Crippen LogP) is 3.08. The largest absolute Gasteiger partial charge is 0.493 e. The van der Waals surface area contributed by atoms with Gasteiger partial charge in [0.25, 0.3) is 0 Å². The number of benzene rings is 1. The summed E-state index contributed by atoms with van der Waals surface area (Å²) >= 11 is 5.00. The molecule has 1 rings (SSSR count). The van der Waals surface area contributed by atoms with Crippen molar-refractivity contribution in [3.63, 3.8) is 0 Å². The summed E-state index contributed by atoms with van der Waals surface area (Å²) in [6, 6.07) is 5.65. The van der Waals surface area contributed by atoms with Crippen LogP contribution in [0.15, 0.2) is 24.3 Å². The second kappa shape index (κ2) is 6.91. The van der Waals surface area contributed by atoms with E-state index in [4.69, 9.17) is 26.4 Å². The third-order valence-electron chi connectivity index (χ3n) is 2.11. The Labute approximate surface area is 107 Å². The second-order valence-electron chi connectivity index (χ2n) is 3.20. The van der Waals surface area contributed by atoms with Crippen LogP contribution in [0.4, 0.5) is 0 Å². The topological polar surface area (TPSA) is 27.7 Å². The number of hydrogen-bond donors (Lipinski definition) is 0. The molecule has 0 saturated heterocycles. The van der Waals surface area contributed by atoms with Crippen LogP contribution < -0.4 is 9.47 Å². The molecule has 0 saturated carbocycles. The highest BCUT2D eigenvalue weighted by molar-refractivity contribution is 7.80. The highest BCUT2D eigenvalue weighted by Crippen LogP contribution is 2.27. The van der Waals surface area contributed by atoms with Gasteiger partial charge < -0.3 is 14.2 Å². The van der Waals surface area contributed by atoms with Crippen LogP contribution in [0, 0.1) is 0 Å². The summed E-state index contributed by atoms with van der Waals surface area (Å²) in [6.45, 7) is 2.48. The van der Waals surface area contributed by atoms with Gasteiger partial charge in [-0.25, -0.2) is 0 Å². The van der Waals surface area contributed by atoms with E-state index in [0.717, 1.165) is 5.56 Å². The van der Waals surface area contributed by atoms with E-state index in [1.54, 1.807) is 20.3 Å². The number of ether oxygens (including phenoxy) is 3. The molecule has 0 amide bonds. The van der Waals surface area contributed by atoms with E-state index in [1.807, 2.05) is 31.2 Å². The Balaban J connectivity index is 2.82. The summed E-state index contributed by atoms with van der Waals surface area (Å²) in [4.78, 5) is 0. The van der Waals surface area contributed by atoms with Crippen LogP contribution in [-0.4, -0.2) is 25.9 Å². The van der Waals surface area contributed by atoms with Gasteiger partial charge in [0.1, 0.15) is 0 Å². The molecule has 3 nitrogen and oxygen atoms in total. The molecule has 0 aliphatic carbocycles. The quantitative estimate of drug-likeness (QED) is 0.594. The molecule has 0 radical (unpaired) electrons. The molecule has 0 aliphatic rings. The highest BCUT2D eigenvalue weighted by atomic mass is 32.1. The fraction of sp³-hybridized carbons (Fsp3) is 0.308. The predicted molar refractivity (Wildman–Crippen MR) is 72.8 cm³/mol. The Bertz CT molecular complexity index is 413. The van der Waals surface area contributed by atoms with Crippen LogP contribution in [-0.2, 0) is 4.74 Å². The molecule has 1 aromatic carbocycles. The van der Waals surface area contributed by atoms with Gasteiger partial charge in [0.05, 0.1) is 20.8 Å². The maximum absolute atomic E-state index is 5.21. The van der Waals surface area contributed by atoms with Crippen molar-refractivity contribution in [2.45, 2.75) is 6.92 Å². The summed E-state index contributed by atoms with van der Waals surface area (Å²) in [5.41, 5.74) is 0.977. The van der Waals surface area contributed by atoms with Gasteiger partial charge in [0.2, 0.25) is 0 Å². The van der Waals surface area contributed by atoms with E-state index >= 15 is 0 Å². The number of hydrogen-bond acceptors (Lipinski definition) is 4. The van der Waals surface area contributed by atoms with Crippen molar-refractivity contribution in [2.75, 3.05) is 20.8 Å². The summed E-state index contributed by atoms with van der Waals surface area (Å²) in [5.74, 6) is 1.40. The van der Waals surface area contributed by atoms with Crippen LogP contribution in [0.1, 0.15) is 12.5 Å². The van der Waals surface area contributed by atoms with Crippen LogP contribution in [0.3, 0.4) is 0 Å². The van der Waals surface area contributed by atoms with Gasteiger partial charge in [-0.05, 0) is 42.9 Å². The SMILES string of the molecule is CCOC(=S)C=Cc1ccc(OC)c(OC)c1. The summed E-state index contributed by atoms with van der Waals surface area (Å²) in [7, 11) is 3.22. The molecule has 92 valence electrons. The number of thiocarbonyl (C=S) groups is 1. The lowest BCUT2D eigenvalue weighted by Crippen LogP contribution is -1.96. The van der Waals surface area contributed by atoms with Crippen molar-refractivity contribution >= 4 is 23.3 Å². The minimum atomic E-state index is 0.474. The van der Waals surface area contributed by atoms with Gasteiger partial charge in [0, 0.05) is 0 Å². The Kier molecular flexibility index (Phi) is 5.49. The minimum absolute atomic E-state index is 0.474. The zero-order chi connectivity index (χ0) is 12.7. The first-order chi connectivity index (χ1) is 8.21. The molecule has 0 fully saturated rings. The van der Waals surface area contributed by atoms with Crippen molar-refractivity contribution in [3.8, 4) is 11.5 Å². The second-order valence-corrected chi connectivity index (χ2v) is 3.60. The molecule has 0 bridgehead atoms. The molecule has 0 atom stereocenters. The first kappa shape index (κ1) is 13.5. The molecule has 0 heterocycles. The average molecular weight is 252 g/mol. The fourth-order valence-electron chi connectivity index (χ4n) is 1.31. The molecule has 0 aromatic heterocycles. The Morgan fingerprint density at radius 2 is 1.94 bits per heavy atom. The molecule has 0 unspecified atom stereocenters. The zero-order valence-corrected chi connectivity index (χ0v) is 11.0. The third kappa shape index (κ3) is 4.07. The summed E-state index contributed by atoms with van der Waals surface area (Å²) in [5, 5.41) is 0.474. The van der Waals surface area contributed by atoms with E-state index in [0.29, 0.717) is 23.2 Å². The summed E-state index contributed by atoms with van der Waals surface area (Å²) in [6.07, 6.45) is 3.63. The number of rotatable bonds is 5. The lowest BCUT2D eigenvalue weighted by molar-refractivity contribution is 0.339. The van der Waals surface area contributed by atoms with Crippen molar-refractivity contribution in [1.29, 1.82) is 0 Å². The molecule has 0 N–H and O–H groups in total. The first-order valence-corrected chi connectivity index (χ1v) is 5.69. The van der Waals surface area contributed by atoms with Gasteiger partial charge in [-0.2, -0.15) is 0 Å². The van der Waals surface area contributed by atoms with Gasteiger partial charge in [-0.3, -0.25) is 0 Å². The van der Waals surface area contributed by atoms with Crippen LogP contribution >= 0.6 is 12.2 Å². The van der Waals surface area contributed by atoms with Crippen LogP contribution in [0.2, 0.25) is 0 Å². The van der Waals surface area contributed by atoms with Crippen molar-refractivity contribution in [2.24, 2.45) is 0 Å². The van der Waals surface area contributed by atoms with E-state index in [2.05, 4.69) is 0 Å². The van der Waals surface area contributed by atoms with E-state index < -0.39 is 0 Å². The van der Waals surface area contributed by atoms with Crippen molar-refractivity contribution < 1.29 is 14.2 Å². The molecular formula is C13H16O3S. The zero-order valence-electron chi connectivity index (χ0n) is 10.2. The highest BCUT2D eigenvalue weighted by Gasteiger charge is 2.02. The molecule has 17 heavy (non-hydrogen) atoms. The lowest BCUT2D eigenvalue weighted by atomic mass is 10.2. The molecular weight excluding hydrogens is 236 g/mol. The maximum Gasteiger partial charge on any atom is 0.183 e. The van der Waals surface area contributed by atoms with Gasteiger partial charge in [0.15, 0.2) is 16.5 Å². The van der Waals surface area contributed by atoms with Crippen LogP contribution in [0.5, 0.6) is 11.5 Å². The normalized spacial score (nSPS) is 10.3. The van der Waals surface area contributed by atoms with E-state index in [1.165, 1.54) is 0 Å². The first-order valence-electron chi connectivity index (χ1n) is 5.28. The Morgan fingerprint density at radius 3 is 2.53 bits per heavy atom. The van der Waals surface area contributed by atoms with Crippen LogP contribution in [0.25, 0.3) is 6.08 Å². The van der Waals surface area contributed by atoms with Crippen molar-refractivity contribution in [3.05, 3.63) is 29.8 Å². The Hall–Kier alpha value is -1.55. The molecule has 1 aromatic rings. The lowest BCUT2D eigenvalue weighted by Gasteiger charge is -2.07. The molecule has 0 aliphatic heterocycles. The van der Waals surface area contributed by atoms with Gasteiger partial charge in [-0.15, -0.1) is 0 Å². The van der Waals surface area contributed by atoms with Gasteiger partial charge >= 0.3 is 0 Å². The van der Waals surface area contributed by atoms with Gasteiger partial charge in [-0.1, -0.05) is 12.1 Å². The van der Waals surface area contributed by atoms with Crippen molar-refractivity contribution in [1.82, 2.24) is 0 Å². The smallest absolute Gasteiger partial charge is 0.183 e. The maximum atomic E-state index is 5.21. The fourth-order valence-corrected chi connectivity index (χ4v) is 1.50. The monoisotopic (exact) mass is 252 g/mol. The third-order valence-corrected chi connectivity index (χ3v) is 2.36. The van der Waals surface area contributed by atoms with E-state index in [9.17, 15) is 0 Å². The summed E-state index contributed by atoms with van der Waals surface area (Å²) < 4.78 is 15.5. The average Bonchev–Trinajstić information content (AvgIpc) is 2.36. The molecule has 0 spiro atoms. The standard InChI is InChI=1S/C13H16O3S/c1-4-16-13(17)8-6-10-5-7-11(14-2)12(9-10)15-3/h5-9H,4H2,1-3H3. The Morgan fingerprint density at radius 1 is 1.24 bits per heavy atom.